The van der Waals surface area contributed by atoms with Crippen LogP contribution in [0.15, 0.2) is 23.2 Å². The molecule has 0 atom stereocenters. The average Bonchev–Trinajstić information content (AvgIpc) is 2.59. The van der Waals surface area contributed by atoms with Crippen molar-refractivity contribution in [1.82, 2.24) is 15.5 Å². The lowest BCUT2D eigenvalue weighted by Gasteiger charge is -2.26. The zero-order valence-electron chi connectivity index (χ0n) is 16.1. The molecule has 0 radical (unpaired) electrons. The first kappa shape index (κ1) is 19.7. The van der Waals surface area contributed by atoms with Crippen molar-refractivity contribution in [1.29, 1.82) is 0 Å². The van der Waals surface area contributed by atoms with E-state index in [9.17, 15) is 0 Å². The van der Waals surface area contributed by atoms with Crippen LogP contribution in [0.25, 0.3) is 0 Å². The zero-order chi connectivity index (χ0) is 17.9. The van der Waals surface area contributed by atoms with Gasteiger partial charge in [-0.1, -0.05) is 29.3 Å². The second-order valence-electron chi connectivity index (χ2n) is 6.74. The third-order valence-corrected chi connectivity index (χ3v) is 4.34. The maximum atomic E-state index is 5.38. The van der Waals surface area contributed by atoms with E-state index in [0.717, 1.165) is 71.3 Å². The molecule has 1 aliphatic heterocycles. The number of hydrogen-bond donors (Lipinski definition) is 2. The van der Waals surface area contributed by atoms with Crippen LogP contribution in [-0.2, 0) is 11.2 Å². The predicted octanol–water partition coefficient (Wildman–Crippen LogP) is 2.12. The fourth-order valence-corrected chi connectivity index (χ4v) is 3.19. The van der Waals surface area contributed by atoms with Crippen LogP contribution in [0, 0.1) is 13.8 Å². The molecule has 1 saturated heterocycles. The van der Waals surface area contributed by atoms with Gasteiger partial charge in [0.25, 0.3) is 0 Å². The number of rotatable bonds is 8. The van der Waals surface area contributed by atoms with Crippen LogP contribution in [0.4, 0.5) is 0 Å². The molecule has 1 aromatic rings. The van der Waals surface area contributed by atoms with E-state index < -0.39 is 0 Å². The molecule has 0 aliphatic carbocycles. The highest BCUT2D eigenvalue weighted by Gasteiger charge is 2.09. The number of aryl methyl sites for hydroxylation is 2. The van der Waals surface area contributed by atoms with Gasteiger partial charge >= 0.3 is 0 Å². The summed E-state index contributed by atoms with van der Waals surface area (Å²) in [6, 6.07) is 6.75. The van der Waals surface area contributed by atoms with Crippen LogP contribution in [-0.4, -0.2) is 63.3 Å². The van der Waals surface area contributed by atoms with E-state index in [1.165, 1.54) is 16.7 Å². The largest absolute Gasteiger partial charge is 0.379 e. The second kappa shape index (κ2) is 11.1. The minimum atomic E-state index is 0.857. The Bertz CT molecular complexity index is 518. The molecule has 140 valence electrons. The maximum absolute atomic E-state index is 5.38. The Balaban J connectivity index is 1.71. The topological polar surface area (TPSA) is 48.9 Å². The first-order valence-electron chi connectivity index (χ1n) is 9.57. The predicted molar refractivity (Wildman–Crippen MR) is 105 cm³/mol. The molecule has 1 aromatic carbocycles. The molecule has 25 heavy (non-hydrogen) atoms. The van der Waals surface area contributed by atoms with Gasteiger partial charge in [0.15, 0.2) is 5.96 Å². The number of benzene rings is 1. The monoisotopic (exact) mass is 346 g/mol. The molecule has 0 aromatic heterocycles. The molecular formula is C20H34N4O. The molecule has 1 heterocycles. The van der Waals surface area contributed by atoms with Gasteiger partial charge in [-0.05, 0) is 39.2 Å². The first-order valence-corrected chi connectivity index (χ1v) is 9.57. The van der Waals surface area contributed by atoms with Gasteiger partial charge in [0, 0.05) is 39.3 Å². The summed E-state index contributed by atoms with van der Waals surface area (Å²) in [6.45, 7) is 14.0. The number of morpholine rings is 1. The fraction of sp³-hybridized carbons (Fsp3) is 0.650. The Morgan fingerprint density at radius 2 is 1.84 bits per heavy atom. The normalized spacial score (nSPS) is 16.0. The molecular weight excluding hydrogens is 312 g/mol. The van der Waals surface area contributed by atoms with Crippen molar-refractivity contribution >= 4 is 5.96 Å². The molecule has 1 aliphatic rings. The van der Waals surface area contributed by atoms with E-state index in [1.54, 1.807) is 0 Å². The second-order valence-corrected chi connectivity index (χ2v) is 6.74. The average molecular weight is 347 g/mol. The SMILES string of the molecule is CCNC(=NCCCN1CCOCC1)NCCc1cc(C)cc(C)c1. The van der Waals surface area contributed by atoms with Crippen molar-refractivity contribution in [2.24, 2.45) is 4.99 Å². The minimum absolute atomic E-state index is 0.857. The number of guanidine groups is 1. The van der Waals surface area contributed by atoms with Gasteiger partial charge in [-0.25, -0.2) is 0 Å². The van der Waals surface area contributed by atoms with Gasteiger partial charge < -0.3 is 15.4 Å². The highest BCUT2D eigenvalue weighted by Crippen LogP contribution is 2.09. The molecule has 2 rings (SSSR count). The number of nitrogens with zero attached hydrogens (tertiary/aromatic N) is 2. The summed E-state index contributed by atoms with van der Waals surface area (Å²) in [7, 11) is 0. The van der Waals surface area contributed by atoms with E-state index in [-0.39, 0.29) is 0 Å². The minimum Gasteiger partial charge on any atom is -0.379 e. The number of hydrogen-bond acceptors (Lipinski definition) is 3. The molecule has 0 unspecified atom stereocenters. The Morgan fingerprint density at radius 3 is 2.52 bits per heavy atom. The molecule has 0 saturated carbocycles. The molecule has 0 amide bonds. The summed E-state index contributed by atoms with van der Waals surface area (Å²) in [5.41, 5.74) is 4.05. The van der Waals surface area contributed by atoms with Crippen LogP contribution in [0.2, 0.25) is 0 Å². The van der Waals surface area contributed by atoms with Crippen molar-refractivity contribution in [3.05, 3.63) is 34.9 Å². The summed E-state index contributed by atoms with van der Waals surface area (Å²) < 4.78 is 5.38. The van der Waals surface area contributed by atoms with Gasteiger partial charge in [-0.3, -0.25) is 9.89 Å². The highest BCUT2D eigenvalue weighted by molar-refractivity contribution is 5.79. The third-order valence-electron chi connectivity index (χ3n) is 4.34. The van der Waals surface area contributed by atoms with Gasteiger partial charge in [0.1, 0.15) is 0 Å². The Kier molecular flexibility index (Phi) is 8.77. The lowest BCUT2D eigenvalue weighted by Crippen LogP contribution is -2.39. The summed E-state index contributed by atoms with van der Waals surface area (Å²) in [4.78, 5) is 7.16. The molecule has 5 nitrogen and oxygen atoms in total. The van der Waals surface area contributed by atoms with Crippen molar-refractivity contribution in [3.8, 4) is 0 Å². The van der Waals surface area contributed by atoms with E-state index in [4.69, 9.17) is 9.73 Å². The molecule has 5 heteroatoms. The number of aliphatic imine (C=N–C) groups is 1. The van der Waals surface area contributed by atoms with E-state index in [0.29, 0.717) is 0 Å². The molecule has 0 bridgehead atoms. The summed E-state index contributed by atoms with van der Waals surface area (Å²) in [5, 5.41) is 6.79. The lowest BCUT2D eigenvalue weighted by molar-refractivity contribution is 0.0377. The van der Waals surface area contributed by atoms with Gasteiger partial charge in [-0.2, -0.15) is 0 Å². The third kappa shape index (κ3) is 7.88. The van der Waals surface area contributed by atoms with E-state index >= 15 is 0 Å². The fourth-order valence-electron chi connectivity index (χ4n) is 3.19. The lowest BCUT2D eigenvalue weighted by atomic mass is 10.1. The Morgan fingerprint density at radius 1 is 1.12 bits per heavy atom. The maximum Gasteiger partial charge on any atom is 0.191 e. The van der Waals surface area contributed by atoms with Crippen molar-refractivity contribution in [2.75, 3.05) is 52.5 Å². The smallest absolute Gasteiger partial charge is 0.191 e. The molecule has 2 N–H and O–H groups in total. The summed E-state index contributed by atoms with van der Waals surface area (Å²) in [5.74, 6) is 0.925. The van der Waals surface area contributed by atoms with Crippen LogP contribution >= 0.6 is 0 Å². The van der Waals surface area contributed by atoms with Crippen LogP contribution < -0.4 is 10.6 Å². The Labute approximate surface area is 152 Å². The van der Waals surface area contributed by atoms with Crippen LogP contribution in [0.3, 0.4) is 0 Å². The van der Waals surface area contributed by atoms with E-state index in [2.05, 4.69) is 54.5 Å². The van der Waals surface area contributed by atoms with Gasteiger partial charge in [0.05, 0.1) is 13.2 Å². The summed E-state index contributed by atoms with van der Waals surface area (Å²) in [6.07, 6.45) is 2.11. The van der Waals surface area contributed by atoms with Crippen molar-refractivity contribution < 1.29 is 4.74 Å². The highest BCUT2D eigenvalue weighted by atomic mass is 16.5. The van der Waals surface area contributed by atoms with Crippen molar-refractivity contribution in [3.63, 3.8) is 0 Å². The van der Waals surface area contributed by atoms with Gasteiger partial charge in [-0.15, -0.1) is 0 Å². The first-order chi connectivity index (χ1) is 12.2. The van der Waals surface area contributed by atoms with Crippen molar-refractivity contribution in [2.45, 2.75) is 33.6 Å². The Hall–Kier alpha value is -1.59. The molecule has 0 spiro atoms. The standard InChI is InChI=1S/C20H34N4O/c1-4-21-20(22-7-5-9-24-10-12-25-13-11-24)23-8-6-19-15-17(2)14-18(3)16-19/h14-16H,4-13H2,1-3H3,(H2,21,22,23). The summed E-state index contributed by atoms with van der Waals surface area (Å²) >= 11 is 0. The van der Waals surface area contributed by atoms with Crippen LogP contribution in [0.5, 0.6) is 0 Å². The number of ether oxygens (including phenoxy) is 1. The zero-order valence-corrected chi connectivity index (χ0v) is 16.1. The quantitative estimate of drug-likeness (QED) is 0.430. The van der Waals surface area contributed by atoms with Gasteiger partial charge in [0.2, 0.25) is 0 Å². The number of nitrogens with one attached hydrogen (secondary N) is 2. The van der Waals surface area contributed by atoms with E-state index in [1.807, 2.05) is 0 Å². The van der Waals surface area contributed by atoms with Crippen LogP contribution in [0.1, 0.15) is 30.0 Å². The molecule has 1 fully saturated rings.